The highest BCUT2D eigenvalue weighted by molar-refractivity contribution is 8.17. The third-order valence-corrected chi connectivity index (χ3v) is 6.50. The highest BCUT2D eigenvalue weighted by Gasteiger charge is 2.20. The van der Waals surface area contributed by atoms with Gasteiger partial charge in [0.15, 0.2) is 0 Å². The van der Waals surface area contributed by atoms with E-state index in [1.165, 1.54) is 4.90 Å². The van der Waals surface area contributed by atoms with Gasteiger partial charge in [-0.25, -0.2) is 9.97 Å². The van der Waals surface area contributed by atoms with Crippen LogP contribution < -0.4 is 10.5 Å². The minimum atomic E-state index is -0.306. The van der Waals surface area contributed by atoms with E-state index in [-0.39, 0.29) is 30.5 Å². The quantitative estimate of drug-likeness (QED) is 0.366. The first-order valence-corrected chi connectivity index (χ1v) is 11.9. The number of carbonyl (C=O) groups is 2. The van der Waals surface area contributed by atoms with E-state index in [4.69, 9.17) is 22.1 Å². The highest BCUT2D eigenvalue weighted by atomic mass is 35.5. The second kappa shape index (κ2) is 12.3. The molecule has 0 unspecified atom stereocenters. The summed E-state index contributed by atoms with van der Waals surface area (Å²) in [6.45, 7) is 3.35. The summed E-state index contributed by atoms with van der Waals surface area (Å²) in [4.78, 5) is 35.4. The number of para-hydroxylation sites is 2. The Hall–Kier alpha value is -3.40. The number of hydrogen-bond acceptors (Lipinski definition) is 8. The summed E-state index contributed by atoms with van der Waals surface area (Å²) < 4.78 is 5.91. The predicted molar refractivity (Wildman–Crippen MR) is 137 cm³/mol. The number of allylic oxidation sites excluding steroid dienone is 1. The Morgan fingerprint density at radius 3 is 2.54 bits per heavy atom. The largest absolute Gasteiger partial charge is 0.455 e. The zero-order valence-corrected chi connectivity index (χ0v) is 20.8. The zero-order valence-electron chi connectivity index (χ0n) is 19.3. The number of thioether (sulfide) groups is 1. The molecular weight excluding hydrogens is 488 g/mol. The van der Waals surface area contributed by atoms with Crippen LogP contribution in [0.5, 0.6) is 11.5 Å². The normalized spacial score (nSPS) is 11.5. The minimum absolute atomic E-state index is 0.122. The van der Waals surface area contributed by atoms with Crippen LogP contribution >= 0.6 is 23.4 Å². The second-order valence-corrected chi connectivity index (χ2v) is 8.94. The number of nitrogens with zero attached hydrogens (tertiary/aromatic N) is 3. The van der Waals surface area contributed by atoms with Crippen LogP contribution in [0.2, 0.25) is 5.02 Å². The van der Waals surface area contributed by atoms with Crippen LogP contribution in [0.4, 0.5) is 5.82 Å². The zero-order chi connectivity index (χ0) is 25.4. The Morgan fingerprint density at radius 2 is 1.89 bits per heavy atom. The molecule has 1 aromatic heterocycles. The van der Waals surface area contributed by atoms with Crippen molar-refractivity contribution in [3.8, 4) is 11.5 Å². The molecule has 1 amide bonds. The standard InChI is InChI=1S/C25H25ClN4O4S/c1-16(30(15-32)14-18-13-28-17(2)29-24(18)27)23(11-12-31)35-25(33)19-7-3-5-9-21(19)34-22-10-6-4-8-20(22)26/h3-10,13,15,31H,11-12,14H2,1-2H3,(H2,27,28,29)/b23-16-. The molecule has 3 aromatic rings. The van der Waals surface area contributed by atoms with Gasteiger partial charge in [-0.3, -0.25) is 9.59 Å². The first kappa shape index (κ1) is 26.2. The number of hydrogen-bond donors (Lipinski definition) is 2. The summed E-state index contributed by atoms with van der Waals surface area (Å²) in [6.07, 6.45) is 2.39. The molecule has 0 saturated heterocycles. The molecule has 0 aliphatic heterocycles. The summed E-state index contributed by atoms with van der Waals surface area (Å²) >= 11 is 7.13. The van der Waals surface area contributed by atoms with Crippen molar-refractivity contribution in [3.05, 3.63) is 87.3 Å². The van der Waals surface area contributed by atoms with Crippen LogP contribution in [0.1, 0.15) is 35.1 Å². The van der Waals surface area contributed by atoms with Gasteiger partial charge in [-0.05, 0) is 49.9 Å². The highest BCUT2D eigenvalue weighted by Crippen LogP contribution is 2.35. The fraction of sp³-hybridized carbons (Fsp3) is 0.200. The molecule has 0 spiro atoms. The number of halogens is 1. The van der Waals surface area contributed by atoms with Gasteiger partial charge < -0.3 is 20.5 Å². The molecule has 35 heavy (non-hydrogen) atoms. The lowest BCUT2D eigenvalue weighted by atomic mass is 10.2. The Labute approximate surface area is 212 Å². The molecule has 3 N–H and O–H groups in total. The van der Waals surface area contributed by atoms with Crippen LogP contribution in [0, 0.1) is 6.92 Å². The molecule has 8 nitrogen and oxygen atoms in total. The number of rotatable bonds is 10. The molecular formula is C25H25ClN4O4S. The van der Waals surface area contributed by atoms with Gasteiger partial charge >= 0.3 is 0 Å². The fourth-order valence-corrected chi connectivity index (χ4v) is 4.29. The lowest BCUT2D eigenvalue weighted by molar-refractivity contribution is -0.116. The number of ether oxygens (including phenoxy) is 1. The second-order valence-electron chi connectivity index (χ2n) is 7.46. The van der Waals surface area contributed by atoms with Crippen molar-refractivity contribution < 1.29 is 19.4 Å². The maximum absolute atomic E-state index is 13.3. The van der Waals surface area contributed by atoms with E-state index in [1.807, 2.05) is 0 Å². The van der Waals surface area contributed by atoms with Crippen molar-refractivity contribution in [1.82, 2.24) is 14.9 Å². The van der Waals surface area contributed by atoms with E-state index >= 15 is 0 Å². The topological polar surface area (TPSA) is 119 Å². The maximum atomic E-state index is 13.3. The molecule has 0 saturated carbocycles. The maximum Gasteiger partial charge on any atom is 0.227 e. The fourth-order valence-electron chi connectivity index (χ4n) is 3.16. The lowest BCUT2D eigenvalue weighted by Gasteiger charge is -2.22. The summed E-state index contributed by atoms with van der Waals surface area (Å²) in [6, 6.07) is 13.8. The molecule has 10 heteroatoms. The van der Waals surface area contributed by atoms with Gasteiger partial charge in [-0.15, -0.1) is 0 Å². The smallest absolute Gasteiger partial charge is 0.227 e. The minimum Gasteiger partial charge on any atom is -0.455 e. The van der Waals surface area contributed by atoms with Crippen LogP contribution in [0.15, 0.2) is 65.3 Å². The van der Waals surface area contributed by atoms with Gasteiger partial charge in [0.1, 0.15) is 23.1 Å². The van der Waals surface area contributed by atoms with E-state index < -0.39 is 0 Å². The van der Waals surface area contributed by atoms with Crippen LogP contribution in [0.3, 0.4) is 0 Å². The van der Waals surface area contributed by atoms with Crippen molar-refractivity contribution in [2.75, 3.05) is 12.3 Å². The van der Waals surface area contributed by atoms with Gasteiger partial charge in [0.05, 0.1) is 17.1 Å². The van der Waals surface area contributed by atoms with Crippen LogP contribution in [-0.4, -0.2) is 38.1 Å². The van der Waals surface area contributed by atoms with E-state index in [2.05, 4.69) is 9.97 Å². The third-order valence-electron chi connectivity index (χ3n) is 5.04. The van der Waals surface area contributed by atoms with Gasteiger partial charge in [0.2, 0.25) is 11.5 Å². The molecule has 182 valence electrons. The van der Waals surface area contributed by atoms with Crippen molar-refractivity contribution >= 4 is 40.7 Å². The van der Waals surface area contributed by atoms with Gasteiger partial charge in [0, 0.05) is 35.4 Å². The van der Waals surface area contributed by atoms with Crippen molar-refractivity contribution in [2.45, 2.75) is 26.8 Å². The number of aromatic nitrogens is 2. The molecule has 0 atom stereocenters. The number of nitrogens with two attached hydrogens (primary N) is 1. The number of aliphatic hydroxyl groups excluding tert-OH is 1. The number of aryl methyl sites for hydroxylation is 1. The Kier molecular flexibility index (Phi) is 9.25. The number of carbonyl (C=O) groups excluding carboxylic acids is 2. The molecule has 0 bridgehead atoms. The Balaban J connectivity index is 1.87. The average Bonchev–Trinajstić information content (AvgIpc) is 2.84. The van der Waals surface area contributed by atoms with E-state index in [0.29, 0.717) is 50.5 Å². The molecule has 1 heterocycles. The summed E-state index contributed by atoms with van der Waals surface area (Å²) in [5.41, 5.74) is 7.38. The Bertz CT molecular complexity index is 1250. The molecule has 0 fully saturated rings. The molecule has 0 aliphatic rings. The SMILES string of the molecule is C/C(=C(\CCO)SC(=O)c1ccccc1Oc1ccccc1Cl)N(C=O)Cc1cnc(C)nc1N. The predicted octanol–water partition coefficient (Wildman–Crippen LogP) is 4.96. The summed E-state index contributed by atoms with van der Waals surface area (Å²) in [5, 5.41) is 9.73. The first-order valence-electron chi connectivity index (χ1n) is 10.7. The molecule has 3 rings (SSSR count). The molecule has 2 aromatic carbocycles. The molecule has 0 aliphatic carbocycles. The van der Waals surface area contributed by atoms with Crippen molar-refractivity contribution in [1.29, 1.82) is 0 Å². The summed E-state index contributed by atoms with van der Waals surface area (Å²) in [7, 11) is 0. The Morgan fingerprint density at radius 1 is 1.20 bits per heavy atom. The number of aliphatic hydroxyl groups is 1. The van der Waals surface area contributed by atoms with Gasteiger partial charge in [-0.1, -0.05) is 35.9 Å². The lowest BCUT2D eigenvalue weighted by Crippen LogP contribution is -2.22. The molecule has 0 radical (unpaired) electrons. The monoisotopic (exact) mass is 512 g/mol. The first-order chi connectivity index (χ1) is 16.8. The third kappa shape index (κ3) is 6.82. The van der Waals surface area contributed by atoms with Crippen molar-refractivity contribution in [3.63, 3.8) is 0 Å². The average molecular weight is 513 g/mol. The van der Waals surface area contributed by atoms with Crippen molar-refractivity contribution in [2.24, 2.45) is 0 Å². The van der Waals surface area contributed by atoms with Crippen LogP contribution in [0.25, 0.3) is 0 Å². The number of nitrogen functional groups attached to an aromatic ring is 1. The van der Waals surface area contributed by atoms with E-state index in [0.717, 1.165) is 11.8 Å². The summed E-state index contributed by atoms with van der Waals surface area (Å²) in [5.74, 6) is 1.56. The van der Waals surface area contributed by atoms with Gasteiger partial charge in [0.25, 0.3) is 0 Å². The number of benzene rings is 2. The van der Waals surface area contributed by atoms with Crippen LogP contribution in [-0.2, 0) is 11.3 Å². The van der Waals surface area contributed by atoms with E-state index in [9.17, 15) is 14.7 Å². The number of amides is 1. The number of anilines is 1. The van der Waals surface area contributed by atoms with Gasteiger partial charge in [-0.2, -0.15) is 0 Å². The van der Waals surface area contributed by atoms with E-state index in [1.54, 1.807) is 68.6 Å².